The number of hydrogen-bond acceptors (Lipinski definition) is 5. The molecule has 0 amide bonds. The fraction of sp³-hybridized carbons (Fsp3) is 1.00. The summed E-state index contributed by atoms with van der Waals surface area (Å²) in [6.07, 6.45) is 4.34. The normalized spacial score (nSPS) is 29.7. The highest BCUT2D eigenvalue weighted by atomic mass is 28.4. The number of likely N-dealkylation sites (N-methyl/N-ethyl adjacent to an activating group) is 1. The predicted molar refractivity (Wildman–Crippen MR) is 85.4 cm³/mol. The van der Waals surface area contributed by atoms with Gasteiger partial charge in [-0.15, -0.1) is 0 Å². The highest BCUT2D eigenvalue weighted by molar-refractivity contribution is 6.71. The van der Waals surface area contributed by atoms with E-state index >= 15 is 0 Å². The second-order valence-electron chi connectivity index (χ2n) is 4.74. The summed E-state index contributed by atoms with van der Waals surface area (Å²) in [4.78, 5) is 0. The molecule has 1 rings (SSSR count). The van der Waals surface area contributed by atoms with Crippen LogP contribution in [0.4, 0.5) is 0 Å². The van der Waals surface area contributed by atoms with Crippen LogP contribution >= 0.6 is 0 Å². The monoisotopic (exact) mass is 308 g/mol. The summed E-state index contributed by atoms with van der Waals surface area (Å²) in [5.74, 6) is 0. The second-order valence-corrected chi connectivity index (χ2v) is 8.41. The number of nitrogens with two attached hydrogens (primary N) is 1. The zero-order valence-electron chi connectivity index (χ0n) is 13.4. The Morgan fingerprint density at radius 2 is 1.89 bits per heavy atom. The van der Waals surface area contributed by atoms with E-state index in [9.17, 15) is 0 Å². The molecule has 0 bridgehead atoms. The van der Waals surface area contributed by atoms with Gasteiger partial charge in [-0.3, -0.25) is 0 Å². The largest absolute Gasteiger partial charge is 0.396 e. The third kappa shape index (κ3) is 3.47. The van der Waals surface area contributed by atoms with E-state index in [-0.39, 0.29) is 5.22 Å². The average Bonchev–Trinajstić information content (AvgIpc) is 2.49. The minimum Gasteiger partial charge on any atom is -0.396 e. The van der Waals surface area contributed by atoms with Crippen LogP contribution in [-0.4, -0.2) is 58.6 Å². The maximum atomic E-state index is 5.97. The first-order chi connectivity index (χ1) is 9.16. The minimum absolute atomic E-state index is 0.266. The lowest BCUT2D eigenvalue weighted by Gasteiger charge is -2.52. The molecule has 0 radical (unpaired) electrons. The molecule has 0 aromatic heterocycles. The Bertz CT molecular complexity index is 243. The molecule has 0 aromatic carbocycles. The molecule has 1 fully saturated rings. The molecule has 3 N–H and O–H groups in total. The summed E-state index contributed by atoms with van der Waals surface area (Å²) in [5, 5.41) is 7.78. The Balaban J connectivity index is 0.00000154. The van der Waals surface area contributed by atoms with Crippen molar-refractivity contribution >= 4 is 19.0 Å². The van der Waals surface area contributed by atoms with Crippen molar-refractivity contribution in [2.45, 2.75) is 49.9 Å². The molecule has 7 heteroatoms. The minimum atomic E-state index is -2.30. The van der Waals surface area contributed by atoms with E-state index in [1.54, 1.807) is 21.3 Å². The first-order valence-electron chi connectivity index (χ1n) is 7.06. The van der Waals surface area contributed by atoms with Gasteiger partial charge in [0.25, 0.3) is 0 Å². The third-order valence-corrected chi connectivity index (χ3v) is 8.62. The van der Waals surface area contributed by atoms with Crippen molar-refractivity contribution in [3.05, 3.63) is 0 Å². The molecule has 0 aliphatic carbocycles. The molecule has 0 saturated carbocycles. The summed E-state index contributed by atoms with van der Waals surface area (Å²) < 4.78 is 17.7. The van der Waals surface area contributed by atoms with E-state index in [1.807, 2.05) is 7.05 Å². The molecular weight excluding hydrogens is 276 g/mol. The summed E-state index contributed by atoms with van der Waals surface area (Å²) in [5.41, 5.74) is 0. The van der Waals surface area contributed by atoms with Gasteiger partial charge in [0.2, 0.25) is 0 Å². The lowest BCUT2D eigenvalue weighted by atomic mass is 10.00. The van der Waals surface area contributed by atoms with E-state index in [2.05, 4.69) is 17.6 Å². The standard InChI is InChI=1S/C12H27NO3Si.H5NSi/c1-6-9-12(14-3)11(13-2)8-7-10-17(12,15-4)16-5;1-2/h11,13H,6-10H2,1-5H3;1H2,2H3. The number of rotatable bonds is 6. The molecule has 1 aliphatic heterocycles. The van der Waals surface area contributed by atoms with Gasteiger partial charge in [0.1, 0.15) is 5.22 Å². The zero-order valence-corrected chi connectivity index (χ0v) is 16.4. The highest BCUT2D eigenvalue weighted by Gasteiger charge is 2.62. The molecule has 2 unspecified atom stereocenters. The molecule has 0 spiro atoms. The summed E-state index contributed by atoms with van der Waals surface area (Å²) >= 11 is 0. The van der Waals surface area contributed by atoms with Gasteiger partial charge >= 0.3 is 8.56 Å². The lowest BCUT2D eigenvalue weighted by molar-refractivity contribution is -0.0355. The van der Waals surface area contributed by atoms with Gasteiger partial charge in [-0.1, -0.05) is 13.3 Å². The average molecular weight is 309 g/mol. The summed E-state index contributed by atoms with van der Waals surface area (Å²) in [6, 6.07) is 1.35. The van der Waals surface area contributed by atoms with Gasteiger partial charge in [0.05, 0.1) is 10.4 Å². The van der Waals surface area contributed by atoms with Crippen LogP contribution in [-0.2, 0) is 13.6 Å². The number of ether oxygens (including phenoxy) is 1. The summed E-state index contributed by atoms with van der Waals surface area (Å²) in [6.45, 7) is 2.19. The fourth-order valence-electron chi connectivity index (χ4n) is 3.40. The third-order valence-electron chi connectivity index (χ3n) is 4.20. The first kappa shape index (κ1) is 19.2. The lowest BCUT2D eigenvalue weighted by Crippen LogP contribution is -2.72. The SMILES string of the molecule is CCCC1(OC)C(NC)CCC[Si]1(OC)OC.N[SiH3]. The van der Waals surface area contributed by atoms with Crippen molar-refractivity contribution in [2.24, 2.45) is 5.40 Å². The molecule has 1 saturated heterocycles. The predicted octanol–water partition coefficient (Wildman–Crippen LogP) is 0.0532. The number of nitrogens with one attached hydrogen (secondary N) is 1. The van der Waals surface area contributed by atoms with E-state index in [1.165, 1.54) is 0 Å². The van der Waals surface area contributed by atoms with Crippen molar-refractivity contribution in [2.75, 3.05) is 28.4 Å². The topological polar surface area (TPSA) is 65.7 Å². The molecule has 1 aliphatic rings. The van der Waals surface area contributed by atoms with Gasteiger partial charge in [-0.05, 0) is 32.4 Å². The maximum Gasteiger partial charge on any atom is 0.372 e. The quantitative estimate of drug-likeness (QED) is 0.679. The van der Waals surface area contributed by atoms with Gasteiger partial charge in [0, 0.05) is 27.4 Å². The van der Waals surface area contributed by atoms with Gasteiger partial charge < -0.3 is 24.3 Å². The molecular formula is C12H32N2O3Si2. The van der Waals surface area contributed by atoms with E-state index in [0.717, 1.165) is 42.1 Å². The van der Waals surface area contributed by atoms with Crippen LogP contribution in [0.15, 0.2) is 0 Å². The number of hydrogen-bond donors (Lipinski definition) is 2. The molecule has 1 heterocycles. The Kier molecular flexibility index (Phi) is 9.33. The van der Waals surface area contributed by atoms with E-state index in [4.69, 9.17) is 13.6 Å². The number of methoxy groups -OCH3 is 1. The molecule has 0 aromatic rings. The molecule has 19 heavy (non-hydrogen) atoms. The van der Waals surface area contributed by atoms with Crippen LogP contribution in [0.25, 0.3) is 0 Å². The Morgan fingerprint density at radius 3 is 2.26 bits per heavy atom. The maximum absolute atomic E-state index is 5.97. The molecule has 116 valence electrons. The van der Waals surface area contributed by atoms with E-state index in [0.29, 0.717) is 6.04 Å². The smallest absolute Gasteiger partial charge is 0.372 e. The highest BCUT2D eigenvalue weighted by Crippen LogP contribution is 2.42. The first-order valence-corrected chi connectivity index (χ1v) is 10.2. The van der Waals surface area contributed by atoms with Crippen LogP contribution in [0, 0.1) is 0 Å². The zero-order chi connectivity index (χ0) is 14.9. The Labute approximate surface area is 122 Å². The van der Waals surface area contributed by atoms with Crippen molar-refractivity contribution in [1.82, 2.24) is 5.32 Å². The summed E-state index contributed by atoms with van der Waals surface area (Å²) in [7, 11) is 5.86. The van der Waals surface area contributed by atoms with Crippen LogP contribution in [0.1, 0.15) is 32.6 Å². The van der Waals surface area contributed by atoms with Crippen LogP contribution in [0.3, 0.4) is 0 Å². The van der Waals surface area contributed by atoms with Crippen LogP contribution < -0.4 is 10.7 Å². The van der Waals surface area contributed by atoms with Crippen LogP contribution in [0.5, 0.6) is 0 Å². The van der Waals surface area contributed by atoms with Crippen molar-refractivity contribution in [1.29, 1.82) is 0 Å². The van der Waals surface area contributed by atoms with Gasteiger partial charge in [-0.2, -0.15) is 0 Å². The molecule has 5 nitrogen and oxygen atoms in total. The van der Waals surface area contributed by atoms with Crippen LogP contribution in [0.2, 0.25) is 6.04 Å². The van der Waals surface area contributed by atoms with Gasteiger partial charge in [-0.25, -0.2) is 0 Å². The second kappa shape index (κ2) is 9.22. The molecule has 2 atom stereocenters. The Hall–Kier alpha value is 0.234. The van der Waals surface area contributed by atoms with Crippen molar-refractivity contribution < 1.29 is 13.6 Å². The van der Waals surface area contributed by atoms with E-state index < -0.39 is 8.56 Å². The fourth-order valence-corrected chi connectivity index (χ4v) is 7.52. The van der Waals surface area contributed by atoms with Gasteiger partial charge in [0.15, 0.2) is 0 Å². The Morgan fingerprint density at radius 1 is 1.32 bits per heavy atom. The van der Waals surface area contributed by atoms with Crippen molar-refractivity contribution in [3.63, 3.8) is 0 Å². The van der Waals surface area contributed by atoms with Crippen molar-refractivity contribution in [3.8, 4) is 0 Å².